The maximum Gasteiger partial charge on any atom is 0.127 e. The van der Waals surface area contributed by atoms with Crippen LogP contribution in [0.2, 0.25) is 0 Å². The van der Waals surface area contributed by atoms with Crippen molar-refractivity contribution < 1.29 is 4.79 Å². The maximum atomic E-state index is 10.5. The second kappa shape index (κ2) is 1.82. The molecule has 0 N–H and O–H groups in total. The van der Waals surface area contributed by atoms with Crippen molar-refractivity contribution in [1.29, 1.82) is 0 Å². The zero-order chi connectivity index (χ0) is 7.14. The van der Waals surface area contributed by atoms with Gasteiger partial charge in [0.15, 0.2) is 0 Å². The summed E-state index contributed by atoms with van der Waals surface area (Å²) < 4.78 is 0. The predicted octanol–water partition coefficient (Wildman–Crippen LogP) is 1.56. The molecule has 1 nitrogen and oxygen atoms in total. The summed E-state index contributed by atoms with van der Waals surface area (Å²) in [5.41, 5.74) is 1.13. The van der Waals surface area contributed by atoms with Crippen LogP contribution in [0, 0.1) is 17.8 Å². The summed E-state index contributed by atoms with van der Waals surface area (Å²) in [5.74, 6) is 1.13. The minimum absolute atomic E-state index is 0.134. The van der Waals surface area contributed by atoms with Crippen LogP contribution in [0.4, 0.5) is 0 Å². The fourth-order valence-electron chi connectivity index (χ4n) is 1.98. The first-order valence-electron chi connectivity index (χ1n) is 3.65. The van der Waals surface area contributed by atoms with Gasteiger partial charge in [-0.05, 0) is 18.3 Å². The summed E-state index contributed by atoms with van der Waals surface area (Å²) in [6, 6.07) is 0. The van der Waals surface area contributed by atoms with Gasteiger partial charge in [0.05, 0.1) is 0 Å². The fraction of sp³-hybridized carbons (Fsp3) is 0.444. The molecule has 0 radical (unpaired) electrons. The summed E-state index contributed by atoms with van der Waals surface area (Å²) in [7, 11) is 0. The molecule has 0 heterocycles. The molecular weight excluding hydrogens is 124 g/mol. The Bertz CT molecular complexity index is 215. The number of allylic oxidation sites excluding steroid dienone is 3. The maximum absolute atomic E-state index is 10.5. The average Bonchev–Trinajstić information content (AvgIpc) is 2.46. The number of carbonyl (C=O) groups excluding carboxylic acids is 1. The van der Waals surface area contributed by atoms with E-state index in [2.05, 4.69) is 18.7 Å². The normalized spacial score (nSPS) is 42.8. The van der Waals surface area contributed by atoms with Crippen LogP contribution < -0.4 is 0 Å². The largest absolute Gasteiger partial charge is 0.303 e. The molecule has 0 amide bonds. The first kappa shape index (κ1) is 5.90. The lowest BCUT2D eigenvalue weighted by Crippen LogP contribution is -2.09. The molecule has 2 rings (SSSR count). The van der Waals surface area contributed by atoms with Crippen molar-refractivity contribution in [2.24, 2.45) is 17.8 Å². The van der Waals surface area contributed by atoms with E-state index in [4.69, 9.17) is 0 Å². The predicted molar refractivity (Wildman–Crippen MR) is 39.4 cm³/mol. The van der Waals surface area contributed by atoms with E-state index in [0.717, 1.165) is 18.3 Å². The summed E-state index contributed by atoms with van der Waals surface area (Å²) in [5, 5.41) is 0. The summed E-state index contributed by atoms with van der Waals surface area (Å²) in [4.78, 5) is 10.5. The Morgan fingerprint density at radius 1 is 1.60 bits per heavy atom. The van der Waals surface area contributed by atoms with Gasteiger partial charge in [-0.2, -0.15) is 0 Å². The second-order valence-electron chi connectivity index (χ2n) is 3.13. The van der Waals surface area contributed by atoms with E-state index in [-0.39, 0.29) is 5.92 Å². The molecule has 10 heavy (non-hydrogen) atoms. The highest BCUT2D eigenvalue weighted by Gasteiger charge is 2.38. The third-order valence-corrected chi connectivity index (χ3v) is 2.63. The van der Waals surface area contributed by atoms with Crippen molar-refractivity contribution in [1.82, 2.24) is 0 Å². The Labute approximate surface area is 60.4 Å². The van der Waals surface area contributed by atoms with Crippen molar-refractivity contribution in [2.45, 2.75) is 6.42 Å². The van der Waals surface area contributed by atoms with Crippen molar-refractivity contribution in [2.75, 3.05) is 0 Å². The smallest absolute Gasteiger partial charge is 0.127 e. The minimum atomic E-state index is 0.134. The SMILES string of the molecule is C=C1[C@H]2C=C[C@H](C2)[C@H]1C=O. The van der Waals surface area contributed by atoms with E-state index in [1.165, 1.54) is 0 Å². The lowest BCUT2D eigenvalue weighted by molar-refractivity contribution is -0.110. The van der Waals surface area contributed by atoms with E-state index in [1.54, 1.807) is 0 Å². The first-order valence-corrected chi connectivity index (χ1v) is 3.65. The number of carbonyl (C=O) groups is 1. The van der Waals surface area contributed by atoms with Crippen LogP contribution in [-0.2, 0) is 4.79 Å². The molecule has 52 valence electrons. The molecule has 1 saturated carbocycles. The molecule has 3 atom stereocenters. The summed E-state index contributed by atoms with van der Waals surface area (Å²) in [6.45, 7) is 3.91. The van der Waals surface area contributed by atoms with Crippen molar-refractivity contribution in [3.8, 4) is 0 Å². The third-order valence-electron chi connectivity index (χ3n) is 2.63. The molecule has 2 aliphatic rings. The zero-order valence-electron chi connectivity index (χ0n) is 5.79. The summed E-state index contributed by atoms with van der Waals surface area (Å²) in [6.07, 6.45) is 6.49. The monoisotopic (exact) mass is 134 g/mol. The molecule has 0 aromatic carbocycles. The van der Waals surface area contributed by atoms with E-state index >= 15 is 0 Å². The number of rotatable bonds is 1. The molecule has 0 aromatic rings. The molecule has 0 spiro atoms. The lowest BCUT2D eigenvalue weighted by Gasteiger charge is -2.12. The standard InChI is InChI=1S/C9H10O/c1-6-7-2-3-8(4-7)9(6)5-10/h2-3,5,7-9H,1,4H2/t7-,8+,9-/m0/s1. The summed E-state index contributed by atoms with van der Waals surface area (Å²) >= 11 is 0. The number of aldehydes is 1. The highest BCUT2D eigenvalue weighted by Crippen LogP contribution is 2.45. The van der Waals surface area contributed by atoms with Crippen molar-refractivity contribution in [3.63, 3.8) is 0 Å². The highest BCUT2D eigenvalue weighted by molar-refractivity contribution is 5.63. The quantitative estimate of drug-likeness (QED) is 0.393. The topological polar surface area (TPSA) is 17.1 Å². The molecule has 2 aliphatic carbocycles. The first-order chi connectivity index (χ1) is 4.83. The Morgan fingerprint density at radius 3 is 2.80 bits per heavy atom. The van der Waals surface area contributed by atoms with Crippen LogP contribution in [0.5, 0.6) is 0 Å². The Hall–Kier alpha value is -0.850. The molecule has 0 aliphatic heterocycles. The average molecular weight is 134 g/mol. The van der Waals surface area contributed by atoms with E-state index in [1.807, 2.05) is 0 Å². The van der Waals surface area contributed by atoms with Gasteiger partial charge in [-0.1, -0.05) is 24.3 Å². The van der Waals surface area contributed by atoms with Crippen LogP contribution in [-0.4, -0.2) is 6.29 Å². The van der Waals surface area contributed by atoms with Gasteiger partial charge < -0.3 is 4.79 Å². The van der Waals surface area contributed by atoms with Crippen LogP contribution in [0.3, 0.4) is 0 Å². The number of fused-ring (bicyclic) bond motifs is 2. The molecule has 2 bridgehead atoms. The minimum Gasteiger partial charge on any atom is -0.303 e. The Balaban J connectivity index is 2.33. The van der Waals surface area contributed by atoms with Gasteiger partial charge >= 0.3 is 0 Å². The zero-order valence-corrected chi connectivity index (χ0v) is 5.79. The Morgan fingerprint density at radius 2 is 2.40 bits per heavy atom. The third kappa shape index (κ3) is 0.551. The number of hydrogen-bond donors (Lipinski definition) is 0. The van der Waals surface area contributed by atoms with E-state index < -0.39 is 0 Å². The highest BCUT2D eigenvalue weighted by atomic mass is 16.1. The van der Waals surface area contributed by atoms with Crippen LogP contribution in [0.25, 0.3) is 0 Å². The van der Waals surface area contributed by atoms with Gasteiger partial charge in [0, 0.05) is 5.92 Å². The van der Waals surface area contributed by atoms with Gasteiger partial charge in [-0.15, -0.1) is 0 Å². The van der Waals surface area contributed by atoms with Crippen molar-refractivity contribution >= 4 is 6.29 Å². The Kier molecular flexibility index (Phi) is 1.07. The molecule has 0 saturated heterocycles. The van der Waals surface area contributed by atoms with Crippen molar-refractivity contribution in [3.05, 3.63) is 24.3 Å². The second-order valence-corrected chi connectivity index (χ2v) is 3.13. The molecule has 0 aromatic heterocycles. The molecule has 1 fully saturated rings. The fourth-order valence-corrected chi connectivity index (χ4v) is 1.98. The molecule has 0 unspecified atom stereocenters. The van der Waals surface area contributed by atoms with Gasteiger partial charge in [-0.3, -0.25) is 0 Å². The van der Waals surface area contributed by atoms with E-state index in [9.17, 15) is 4.79 Å². The molecule has 1 heteroatoms. The van der Waals surface area contributed by atoms with Crippen LogP contribution in [0.1, 0.15) is 6.42 Å². The molecular formula is C9H10O. The lowest BCUT2D eigenvalue weighted by atomic mass is 9.91. The van der Waals surface area contributed by atoms with Gasteiger partial charge in [-0.25, -0.2) is 0 Å². The van der Waals surface area contributed by atoms with E-state index in [0.29, 0.717) is 11.8 Å². The van der Waals surface area contributed by atoms with Gasteiger partial charge in [0.25, 0.3) is 0 Å². The van der Waals surface area contributed by atoms with Crippen LogP contribution in [0.15, 0.2) is 24.3 Å². The van der Waals surface area contributed by atoms with Gasteiger partial charge in [0.2, 0.25) is 0 Å². The van der Waals surface area contributed by atoms with Crippen LogP contribution >= 0.6 is 0 Å². The number of hydrogen-bond acceptors (Lipinski definition) is 1. The van der Waals surface area contributed by atoms with Gasteiger partial charge in [0.1, 0.15) is 6.29 Å².